The zero-order valence-electron chi connectivity index (χ0n) is 9.08. The van der Waals surface area contributed by atoms with Gasteiger partial charge in [-0.15, -0.1) is 0 Å². The van der Waals surface area contributed by atoms with E-state index in [9.17, 15) is 4.39 Å². The third-order valence-electron chi connectivity index (χ3n) is 1.97. The molecule has 0 N–H and O–H groups in total. The summed E-state index contributed by atoms with van der Waals surface area (Å²) in [7, 11) is 3.39. The number of aromatic nitrogens is 1. The van der Waals surface area contributed by atoms with Crippen LogP contribution in [0.2, 0.25) is 5.02 Å². The van der Waals surface area contributed by atoms with E-state index in [1.54, 1.807) is 19.1 Å². The number of hydrogen-bond acceptors (Lipinski definition) is 3. The maximum atomic E-state index is 13.5. The van der Waals surface area contributed by atoms with E-state index in [-0.39, 0.29) is 10.6 Å². The van der Waals surface area contributed by atoms with Gasteiger partial charge in [0.25, 0.3) is 0 Å². The van der Waals surface area contributed by atoms with Crippen molar-refractivity contribution < 1.29 is 9.13 Å². The van der Waals surface area contributed by atoms with E-state index < -0.39 is 5.82 Å². The smallest absolute Gasteiger partial charge is 0.167 e. The van der Waals surface area contributed by atoms with Crippen LogP contribution in [0.4, 0.5) is 10.2 Å². The van der Waals surface area contributed by atoms with Crippen LogP contribution < -0.4 is 4.90 Å². The number of methoxy groups -OCH3 is 1. The first kappa shape index (κ1) is 13.7. The summed E-state index contributed by atoms with van der Waals surface area (Å²) in [4.78, 5) is 5.79. The molecule has 0 aliphatic carbocycles. The molecular weight excluding hydrogens is 298 g/mol. The van der Waals surface area contributed by atoms with Gasteiger partial charge < -0.3 is 9.64 Å². The highest BCUT2D eigenvalue weighted by atomic mass is 79.9. The van der Waals surface area contributed by atoms with Crippen molar-refractivity contribution in [2.75, 3.05) is 32.2 Å². The third-order valence-corrected chi connectivity index (χ3v) is 2.73. The number of ether oxygens (including phenoxy) is 1. The number of rotatable bonds is 5. The molecule has 1 unspecified atom stereocenters. The second-order valence-corrected chi connectivity index (χ2v) is 5.12. The van der Waals surface area contributed by atoms with E-state index in [0.717, 1.165) is 0 Å². The van der Waals surface area contributed by atoms with Crippen LogP contribution in [0, 0.1) is 5.82 Å². The highest BCUT2D eigenvalue weighted by Crippen LogP contribution is 2.19. The summed E-state index contributed by atoms with van der Waals surface area (Å²) in [5, 5.41) is 0.293. The first-order valence-electron chi connectivity index (χ1n) is 4.69. The largest absolute Gasteiger partial charge is 0.383 e. The maximum Gasteiger partial charge on any atom is 0.167 e. The Hall–Kier alpha value is -0.390. The van der Waals surface area contributed by atoms with Gasteiger partial charge in [0.05, 0.1) is 16.5 Å². The molecule has 0 bridgehead atoms. The van der Waals surface area contributed by atoms with Crippen molar-refractivity contribution in [3.05, 3.63) is 23.1 Å². The standard InChI is InChI=1S/C10H13BrClFN2O/c1-15(5-7(11)6-16-2)10-9(13)3-8(12)4-14-10/h3-4,7H,5-6H2,1-2H3. The van der Waals surface area contributed by atoms with Gasteiger partial charge in [-0.25, -0.2) is 9.37 Å². The van der Waals surface area contributed by atoms with Crippen molar-refractivity contribution in [3.8, 4) is 0 Å². The summed E-state index contributed by atoms with van der Waals surface area (Å²) in [5.41, 5.74) is 0. The highest BCUT2D eigenvalue weighted by molar-refractivity contribution is 9.09. The number of nitrogens with zero attached hydrogens (tertiary/aromatic N) is 2. The topological polar surface area (TPSA) is 25.4 Å². The molecule has 0 radical (unpaired) electrons. The second-order valence-electron chi connectivity index (χ2n) is 3.39. The average Bonchev–Trinajstić information content (AvgIpc) is 2.17. The van der Waals surface area contributed by atoms with Gasteiger partial charge in [0.15, 0.2) is 11.6 Å². The average molecular weight is 312 g/mol. The fourth-order valence-electron chi connectivity index (χ4n) is 1.31. The van der Waals surface area contributed by atoms with Gasteiger partial charge in [-0.1, -0.05) is 27.5 Å². The molecule has 1 rings (SSSR count). The molecule has 0 saturated carbocycles. The van der Waals surface area contributed by atoms with Gasteiger partial charge >= 0.3 is 0 Å². The molecule has 90 valence electrons. The Morgan fingerprint density at radius 1 is 1.69 bits per heavy atom. The Morgan fingerprint density at radius 3 is 2.94 bits per heavy atom. The van der Waals surface area contributed by atoms with Crippen molar-refractivity contribution in [2.24, 2.45) is 0 Å². The van der Waals surface area contributed by atoms with Crippen LogP contribution >= 0.6 is 27.5 Å². The molecule has 0 aromatic carbocycles. The fraction of sp³-hybridized carbons (Fsp3) is 0.500. The normalized spacial score (nSPS) is 12.6. The summed E-state index contributed by atoms with van der Waals surface area (Å²) in [6.07, 6.45) is 1.43. The van der Waals surface area contributed by atoms with Crippen LogP contribution in [-0.4, -0.2) is 37.1 Å². The van der Waals surface area contributed by atoms with Crippen molar-refractivity contribution >= 4 is 33.3 Å². The van der Waals surface area contributed by atoms with Gasteiger partial charge in [0.2, 0.25) is 0 Å². The Kier molecular flexibility index (Phi) is 5.44. The van der Waals surface area contributed by atoms with Gasteiger partial charge in [0, 0.05) is 26.9 Å². The van der Waals surface area contributed by atoms with Crippen molar-refractivity contribution in [1.82, 2.24) is 4.98 Å². The molecule has 0 aliphatic rings. The molecule has 0 aliphatic heterocycles. The van der Waals surface area contributed by atoms with E-state index in [1.807, 2.05) is 0 Å². The Morgan fingerprint density at radius 2 is 2.38 bits per heavy atom. The van der Waals surface area contributed by atoms with Crippen molar-refractivity contribution in [3.63, 3.8) is 0 Å². The van der Waals surface area contributed by atoms with E-state index in [4.69, 9.17) is 16.3 Å². The molecule has 0 amide bonds. The van der Waals surface area contributed by atoms with E-state index in [0.29, 0.717) is 18.2 Å². The summed E-state index contributed by atoms with van der Waals surface area (Å²) >= 11 is 9.06. The fourth-order valence-corrected chi connectivity index (χ4v) is 2.15. The predicted molar refractivity (Wildman–Crippen MR) is 67.1 cm³/mol. The van der Waals surface area contributed by atoms with Gasteiger partial charge in [-0.05, 0) is 6.07 Å². The molecule has 0 saturated heterocycles. The lowest BCUT2D eigenvalue weighted by atomic mass is 10.3. The SMILES string of the molecule is COCC(Br)CN(C)c1ncc(Cl)cc1F. The van der Waals surface area contributed by atoms with Crippen LogP contribution in [0.1, 0.15) is 0 Å². The molecule has 1 heterocycles. The Bertz CT molecular complexity index is 354. The monoisotopic (exact) mass is 310 g/mol. The van der Waals surface area contributed by atoms with Crippen LogP contribution in [-0.2, 0) is 4.74 Å². The molecule has 16 heavy (non-hydrogen) atoms. The molecule has 6 heteroatoms. The van der Waals surface area contributed by atoms with Crippen LogP contribution in [0.3, 0.4) is 0 Å². The minimum Gasteiger partial charge on any atom is -0.383 e. The van der Waals surface area contributed by atoms with Crippen LogP contribution in [0.15, 0.2) is 12.3 Å². The van der Waals surface area contributed by atoms with Crippen LogP contribution in [0.5, 0.6) is 0 Å². The minimum absolute atomic E-state index is 0.124. The summed E-state index contributed by atoms with van der Waals surface area (Å²) in [6, 6.07) is 1.25. The summed E-state index contributed by atoms with van der Waals surface area (Å²) < 4.78 is 18.5. The number of alkyl halides is 1. The van der Waals surface area contributed by atoms with E-state index in [1.165, 1.54) is 12.3 Å². The van der Waals surface area contributed by atoms with Gasteiger partial charge in [-0.2, -0.15) is 0 Å². The quantitative estimate of drug-likeness (QED) is 0.782. The van der Waals surface area contributed by atoms with E-state index >= 15 is 0 Å². The van der Waals surface area contributed by atoms with Crippen LogP contribution in [0.25, 0.3) is 0 Å². The first-order valence-corrected chi connectivity index (χ1v) is 5.99. The Balaban J connectivity index is 2.69. The lowest BCUT2D eigenvalue weighted by Gasteiger charge is -2.21. The maximum absolute atomic E-state index is 13.5. The first-order chi connectivity index (χ1) is 7.54. The summed E-state index contributed by atoms with van der Waals surface area (Å²) in [5.74, 6) is -0.142. The molecule has 0 spiro atoms. The lowest BCUT2D eigenvalue weighted by Crippen LogP contribution is -2.29. The van der Waals surface area contributed by atoms with E-state index in [2.05, 4.69) is 20.9 Å². The van der Waals surface area contributed by atoms with Gasteiger partial charge in [0.1, 0.15) is 0 Å². The number of hydrogen-bond donors (Lipinski definition) is 0. The zero-order chi connectivity index (χ0) is 12.1. The third kappa shape index (κ3) is 3.88. The lowest BCUT2D eigenvalue weighted by molar-refractivity contribution is 0.201. The molecule has 1 aromatic rings. The molecule has 0 fully saturated rings. The number of halogens is 3. The highest BCUT2D eigenvalue weighted by Gasteiger charge is 2.13. The van der Waals surface area contributed by atoms with Crippen molar-refractivity contribution in [2.45, 2.75) is 4.83 Å². The molecule has 1 atom stereocenters. The Labute approximate surface area is 108 Å². The predicted octanol–water partition coefficient (Wildman–Crippen LogP) is 2.72. The number of anilines is 1. The van der Waals surface area contributed by atoms with Crippen molar-refractivity contribution in [1.29, 1.82) is 0 Å². The second kappa shape index (κ2) is 6.37. The minimum atomic E-state index is -0.424. The van der Waals surface area contributed by atoms with Gasteiger partial charge in [-0.3, -0.25) is 0 Å². The number of pyridine rings is 1. The molecule has 3 nitrogen and oxygen atoms in total. The molecule has 1 aromatic heterocycles. The zero-order valence-corrected chi connectivity index (χ0v) is 11.4. The summed E-state index contributed by atoms with van der Waals surface area (Å²) in [6.45, 7) is 1.15. The molecular formula is C10H13BrClFN2O.